The summed E-state index contributed by atoms with van der Waals surface area (Å²) in [5, 5.41) is 3.57. The van der Waals surface area contributed by atoms with Crippen LogP contribution in [0.25, 0.3) is 0 Å². The zero-order chi connectivity index (χ0) is 13.7. The second kappa shape index (κ2) is 7.04. The molecule has 0 bridgehead atoms. The molecule has 2 rings (SSSR count). The van der Waals surface area contributed by atoms with Gasteiger partial charge >= 0.3 is 0 Å². The molecule has 1 aliphatic carbocycles. The third-order valence-corrected chi connectivity index (χ3v) is 4.65. The van der Waals surface area contributed by atoms with Gasteiger partial charge in [-0.25, -0.2) is 0 Å². The summed E-state index contributed by atoms with van der Waals surface area (Å²) in [5.41, 5.74) is 1.41. The van der Waals surface area contributed by atoms with Gasteiger partial charge in [-0.3, -0.25) is 4.98 Å². The minimum absolute atomic E-state index is 0.665. The first-order valence-electron chi connectivity index (χ1n) is 7.75. The minimum Gasteiger partial charge on any atom is -0.317 e. The maximum absolute atomic E-state index is 4.09. The first-order valence-corrected chi connectivity index (χ1v) is 7.75. The molecule has 3 atom stereocenters. The highest BCUT2D eigenvalue weighted by Gasteiger charge is 2.28. The van der Waals surface area contributed by atoms with Crippen molar-refractivity contribution >= 4 is 0 Å². The number of nitrogens with zero attached hydrogens (tertiary/aromatic N) is 1. The Bertz CT molecular complexity index is 353. The fourth-order valence-electron chi connectivity index (χ4n) is 3.83. The normalized spacial score (nSPS) is 29.1. The van der Waals surface area contributed by atoms with Crippen LogP contribution in [0.3, 0.4) is 0 Å². The molecule has 19 heavy (non-hydrogen) atoms. The quantitative estimate of drug-likeness (QED) is 0.873. The van der Waals surface area contributed by atoms with E-state index >= 15 is 0 Å². The van der Waals surface area contributed by atoms with Gasteiger partial charge in [-0.2, -0.15) is 0 Å². The van der Waals surface area contributed by atoms with Crippen LogP contribution in [0.4, 0.5) is 0 Å². The first-order chi connectivity index (χ1) is 9.19. The molecular weight excluding hydrogens is 232 g/mol. The Hall–Kier alpha value is -0.890. The molecule has 1 N–H and O–H groups in total. The molecule has 0 saturated heterocycles. The van der Waals surface area contributed by atoms with E-state index in [1.54, 1.807) is 0 Å². The standard InChI is InChI=1S/C17H28N2/c1-13-10-14(2)12-16(11-13)17(18-3)5-4-15-6-8-19-9-7-15/h6-9,13-14,16-18H,4-5,10-12H2,1-3H3. The van der Waals surface area contributed by atoms with E-state index in [1.807, 2.05) is 12.4 Å². The van der Waals surface area contributed by atoms with Crippen molar-refractivity contribution in [3.05, 3.63) is 30.1 Å². The van der Waals surface area contributed by atoms with Crippen molar-refractivity contribution < 1.29 is 0 Å². The van der Waals surface area contributed by atoms with Gasteiger partial charge in [-0.05, 0) is 74.6 Å². The van der Waals surface area contributed by atoms with E-state index in [0.717, 1.165) is 24.2 Å². The molecule has 1 aliphatic rings. The van der Waals surface area contributed by atoms with Crippen LogP contribution in [0, 0.1) is 17.8 Å². The van der Waals surface area contributed by atoms with Crippen LogP contribution in [0.15, 0.2) is 24.5 Å². The van der Waals surface area contributed by atoms with Crippen molar-refractivity contribution in [2.24, 2.45) is 17.8 Å². The maximum atomic E-state index is 4.09. The zero-order valence-electron chi connectivity index (χ0n) is 12.6. The van der Waals surface area contributed by atoms with Gasteiger partial charge in [0.1, 0.15) is 0 Å². The summed E-state index contributed by atoms with van der Waals surface area (Å²) in [6, 6.07) is 4.94. The van der Waals surface area contributed by atoms with E-state index in [9.17, 15) is 0 Å². The number of hydrogen-bond acceptors (Lipinski definition) is 2. The highest BCUT2D eigenvalue weighted by atomic mass is 14.9. The second-order valence-electron chi connectivity index (χ2n) is 6.47. The molecule has 1 fully saturated rings. The van der Waals surface area contributed by atoms with E-state index in [0.29, 0.717) is 6.04 Å². The smallest absolute Gasteiger partial charge is 0.0270 e. The van der Waals surface area contributed by atoms with Gasteiger partial charge in [0.25, 0.3) is 0 Å². The van der Waals surface area contributed by atoms with Gasteiger partial charge in [0.2, 0.25) is 0 Å². The van der Waals surface area contributed by atoms with E-state index in [2.05, 4.69) is 43.3 Å². The molecule has 1 saturated carbocycles. The molecule has 2 nitrogen and oxygen atoms in total. The molecule has 3 unspecified atom stereocenters. The Labute approximate surface area is 118 Å². The van der Waals surface area contributed by atoms with Crippen molar-refractivity contribution in [1.82, 2.24) is 10.3 Å². The number of nitrogens with one attached hydrogen (secondary N) is 1. The van der Waals surface area contributed by atoms with Gasteiger partial charge in [0, 0.05) is 18.4 Å². The van der Waals surface area contributed by atoms with Crippen LogP contribution in [-0.2, 0) is 6.42 Å². The lowest BCUT2D eigenvalue weighted by atomic mass is 9.73. The van der Waals surface area contributed by atoms with Gasteiger partial charge in [0.15, 0.2) is 0 Å². The average molecular weight is 260 g/mol. The van der Waals surface area contributed by atoms with Crippen LogP contribution in [-0.4, -0.2) is 18.1 Å². The van der Waals surface area contributed by atoms with Crippen LogP contribution in [0.5, 0.6) is 0 Å². The Morgan fingerprint density at radius 2 is 1.79 bits per heavy atom. The number of hydrogen-bond donors (Lipinski definition) is 1. The molecule has 1 aromatic rings. The second-order valence-corrected chi connectivity index (χ2v) is 6.47. The predicted molar refractivity (Wildman–Crippen MR) is 81.1 cm³/mol. The molecule has 1 aromatic heterocycles. The first kappa shape index (κ1) is 14.5. The molecule has 2 heteroatoms. The monoisotopic (exact) mass is 260 g/mol. The van der Waals surface area contributed by atoms with E-state index in [1.165, 1.54) is 31.2 Å². The van der Waals surface area contributed by atoms with Crippen LogP contribution in [0.2, 0.25) is 0 Å². The lowest BCUT2D eigenvalue weighted by Gasteiger charge is -2.36. The molecule has 0 amide bonds. The van der Waals surface area contributed by atoms with Gasteiger partial charge < -0.3 is 5.32 Å². The highest BCUT2D eigenvalue weighted by Crippen LogP contribution is 2.35. The molecule has 0 radical (unpaired) electrons. The number of pyridine rings is 1. The van der Waals surface area contributed by atoms with Crippen LogP contribution in [0.1, 0.15) is 45.1 Å². The van der Waals surface area contributed by atoms with Crippen molar-refractivity contribution in [3.63, 3.8) is 0 Å². The van der Waals surface area contributed by atoms with Crippen molar-refractivity contribution in [2.45, 2.75) is 52.0 Å². The molecular formula is C17H28N2. The zero-order valence-corrected chi connectivity index (χ0v) is 12.6. The third-order valence-electron chi connectivity index (χ3n) is 4.65. The van der Waals surface area contributed by atoms with Crippen molar-refractivity contribution in [1.29, 1.82) is 0 Å². The fraction of sp³-hybridized carbons (Fsp3) is 0.706. The summed E-state index contributed by atoms with van der Waals surface area (Å²) in [4.78, 5) is 4.09. The van der Waals surface area contributed by atoms with Gasteiger partial charge in [-0.15, -0.1) is 0 Å². The largest absolute Gasteiger partial charge is 0.317 e. The molecule has 106 valence electrons. The molecule has 0 spiro atoms. The molecule has 0 aromatic carbocycles. The number of aryl methyl sites for hydroxylation is 1. The Morgan fingerprint density at radius 3 is 2.37 bits per heavy atom. The molecule has 1 heterocycles. The summed E-state index contributed by atoms with van der Waals surface area (Å²) < 4.78 is 0. The summed E-state index contributed by atoms with van der Waals surface area (Å²) in [6.07, 6.45) is 10.4. The van der Waals surface area contributed by atoms with Gasteiger partial charge in [0.05, 0.1) is 0 Å². The summed E-state index contributed by atoms with van der Waals surface area (Å²) in [5.74, 6) is 2.64. The lowest BCUT2D eigenvalue weighted by molar-refractivity contribution is 0.175. The number of rotatable bonds is 5. The highest BCUT2D eigenvalue weighted by molar-refractivity contribution is 5.10. The van der Waals surface area contributed by atoms with Crippen molar-refractivity contribution in [2.75, 3.05) is 7.05 Å². The summed E-state index contributed by atoms with van der Waals surface area (Å²) in [6.45, 7) is 4.83. The number of aromatic nitrogens is 1. The summed E-state index contributed by atoms with van der Waals surface area (Å²) in [7, 11) is 2.13. The fourth-order valence-corrected chi connectivity index (χ4v) is 3.83. The van der Waals surface area contributed by atoms with E-state index < -0.39 is 0 Å². The lowest BCUT2D eigenvalue weighted by Crippen LogP contribution is -2.38. The maximum Gasteiger partial charge on any atom is 0.0270 e. The Morgan fingerprint density at radius 1 is 1.16 bits per heavy atom. The Kier molecular flexibility index (Phi) is 5.38. The van der Waals surface area contributed by atoms with Crippen LogP contribution >= 0.6 is 0 Å². The minimum atomic E-state index is 0.665. The third kappa shape index (κ3) is 4.31. The predicted octanol–water partition coefficient (Wildman–Crippen LogP) is 3.67. The average Bonchev–Trinajstić information content (AvgIpc) is 2.39. The van der Waals surface area contributed by atoms with Crippen LogP contribution < -0.4 is 5.32 Å². The van der Waals surface area contributed by atoms with Gasteiger partial charge in [-0.1, -0.05) is 13.8 Å². The summed E-state index contributed by atoms with van der Waals surface area (Å²) >= 11 is 0. The van der Waals surface area contributed by atoms with E-state index in [4.69, 9.17) is 0 Å². The van der Waals surface area contributed by atoms with E-state index in [-0.39, 0.29) is 0 Å². The SMILES string of the molecule is CNC(CCc1ccncc1)C1CC(C)CC(C)C1. The Balaban J connectivity index is 1.89. The molecule has 0 aliphatic heterocycles. The topological polar surface area (TPSA) is 24.9 Å². The van der Waals surface area contributed by atoms with Crippen molar-refractivity contribution in [3.8, 4) is 0 Å².